The van der Waals surface area contributed by atoms with Gasteiger partial charge >= 0.3 is 5.97 Å². The molecular formula is C8H17NO6. The Morgan fingerprint density at radius 2 is 1.53 bits per heavy atom. The number of aliphatic hydroxyl groups is 2. The van der Waals surface area contributed by atoms with Crippen molar-refractivity contribution in [1.29, 1.82) is 0 Å². The summed E-state index contributed by atoms with van der Waals surface area (Å²) < 4.78 is 4.25. The lowest BCUT2D eigenvalue weighted by Crippen LogP contribution is -2.14. The van der Waals surface area contributed by atoms with E-state index in [1.54, 1.807) is 14.2 Å². The summed E-state index contributed by atoms with van der Waals surface area (Å²) in [4.78, 5) is 19.0. The fourth-order valence-corrected chi connectivity index (χ4v) is 0.0779. The minimum absolute atomic E-state index is 0.0417. The zero-order valence-electron chi connectivity index (χ0n) is 8.77. The van der Waals surface area contributed by atoms with Crippen LogP contribution in [-0.4, -0.2) is 54.6 Å². The molecule has 0 aromatic carbocycles. The highest BCUT2D eigenvalue weighted by molar-refractivity contribution is 5.91. The third-order valence-corrected chi connectivity index (χ3v) is 0.675. The molecule has 0 aromatic heterocycles. The van der Waals surface area contributed by atoms with Crippen LogP contribution in [0.4, 0.5) is 0 Å². The number of carbonyl (C=O) groups is 2. The summed E-state index contributed by atoms with van der Waals surface area (Å²) in [5.41, 5.74) is 4.69. The van der Waals surface area contributed by atoms with E-state index in [2.05, 4.69) is 17.0 Å². The Balaban J connectivity index is -0.000000158. The maximum absolute atomic E-state index is 9.89. The number of aliphatic carboxylic acids is 1. The van der Waals surface area contributed by atoms with Gasteiger partial charge in [0.1, 0.15) is 6.61 Å². The number of primary amides is 1. The molecule has 0 heterocycles. The molecule has 0 spiro atoms. The first-order valence-electron chi connectivity index (χ1n) is 3.68. The standard InChI is InChI=1S/C4H7NO2.C2H4O3.C2H6O/c1-3(2-6)4(5)7;3-1-2(4)5;1-3-2/h6H,1-2H2,(H2,5,7);3H,1H2,(H,4,5);1-2H3. The van der Waals surface area contributed by atoms with Gasteiger partial charge in [0.25, 0.3) is 0 Å². The highest BCUT2D eigenvalue weighted by Crippen LogP contribution is 1.80. The summed E-state index contributed by atoms with van der Waals surface area (Å²) in [5.74, 6) is -1.84. The second-order valence-electron chi connectivity index (χ2n) is 2.09. The van der Waals surface area contributed by atoms with Gasteiger partial charge in [-0.1, -0.05) is 6.58 Å². The van der Waals surface area contributed by atoms with Crippen molar-refractivity contribution in [1.82, 2.24) is 0 Å². The van der Waals surface area contributed by atoms with Crippen LogP contribution in [0.5, 0.6) is 0 Å². The van der Waals surface area contributed by atoms with Gasteiger partial charge in [0.15, 0.2) is 0 Å². The number of methoxy groups -OCH3 is 1. The summed E-state index contributed by atoms with van der Waals surface area (Å²) in [6.07, 6.45) is 0. The van der Waals surface area contributed by atoms with Crippen LogP contribution in [-0.2, 0) is 14.3 Å². The molecular weight excluding hydrogens is 206 g/mol. The van der Waals surface area contributed by atoms with Crippen LogP contribution < -0.4 is 5.73 Å². The molecule has 5 N–H and O–H groups in total. The minimum atomic E-state index is -1.19. The van der Waals surface area contributed by atoms with Crippen LogP contribution in [0.15, 0.2) is 12.2 Å². The lowest BCUT2D eigenvalue weighted by molar-refractivity contribution is -0.140. The topological polar surface area (TPSA) is 130 Å². The van der Waals surface area contributed by atoms with E-state index in [0.717, 1.165) is 0 Å². The number of nitrogens with two attached hydrogens (primary N) is 1. The molecule has 0 saturated heterocycles. The van der Waals surface area contributed by atoms with Crippen molar-refractivity contribution in [2.45, 2.75) is 0 Å². The predicted octanol–water partition coefficient (Wildman–Crippen LogP) is -1.65. The van der Waals surface area contributed by atoms with Crippen molar-refractivity contribution in [2.75, 3.05) is 27.4 Å². The molecule has 0 radical (unpaired) electrons. The third-order valence-electron chi connectivity index (χ3n) is 0.675. The van der Waals surface area contributed by atoms with Gasteiger partial charge < -0.3 is 25.8 Å². The normalized spacial score (nSPS) is 7.47. The molecule has 0 rings (SSSR count). The Morgan fingerprint density at radius 3 is 1.53 bits per heavy atom. The molecule has 0 unspecified atom stereocenters. The van der Waals surface area contributed by atoms with Gasteiger partial charge in [0.2, 0.25) is 5.91 Å². The summed E-state index contributed by atoms with van der Waals surface area (Å²) in [6.45, 7) is 2.02. The van der Waals surface area contributed by atoms with Gasteiger partial charge in [-0.05, 0) is 0 Å². The molecule has 90 valence electrons. The zero-order valence-corrected chi connectivity index (χ0v) is 8.77. The average molecular weight is 223 g/mol. The largest absolute Gasteiger partial charge is 0.480 e. The van der Waals surface area contributed by atoms with E-state index < -0.39 is 18.5 Å². The van der Waals surface area contributed by atoms with Crippen LogP contribution in [0, 0.1) is 0 Å². The maximum atomic E-state index is 9.89. The van der Waals surface area contributed by atoms with Gasteiger partial charge in [-0.25, -0.2) is 4.79 Å². The van der Waals surface area contributed by atoms with Crippen LogP contribution in [0.2, 0.25) is 0 Å². The summed E-state index contributed by atoms with van der Waals surface area (Å²) >= 11 is 0. The summed E-state index contributed by atoms with van der Waals surface area (Å²) in [6, 6.07) is 0. The van der Waals surface area contributed by atoms with E-state index in [9.17, 15) is 4.79 Å². The van der Waals surface area contributed by atoms with Gasteiger partial charge in [-0.15, -0.1) is 0 Å². The maximum Gasteiger partial charge on any atom is 0.329 e. The number of rotatable bonds is 3. The Hall–Kier alpha value is -1.44. The second-order valence-corrected chi connectivity index (χ2v) is 2.09. The van der Waals surface area contributed by atoms with Crippen LogP contribution in [0.1, 0.15) is 0 Å². The number of carbonyl (C=O) groups excluding carboxylic acids is 1. The van der Waals surface area contributed by atoms with Crippen molar-refractivity contribution in [2.24, 2.45) is 5.73 Å². The number of carboxylic acid groups (broad SMARTS) is 1. The smallest absolute Gasteiger partial charge is 0.329 e. The second kappa shape index (κ2) is 15.1. The highest BCUT2D eigenvalue weighted by Gasteiger charge is 1.94. The number of hydrogen-bond acceptors (Lipinski definition) is 5. The van der Waals surface area contributed by atoms with Crippen molar-refractivity contribution < 1.29 is 29.6 Å². The van der Waals surface area contributed by atoms with Crippen LogP contribution >= 0.6 is 0 Å². The summed E-state index contributed by atoms with van der Waals surface area (Å²) in [7, 11) is 3.25. The fourth-order valence-electron chi connectivity index (χ4n) is 0.0779. The third kappa shape index (κ3) is 32.5. The Kier molecular flexibility index (Phi) is 19.2. The predicted molar refractivity (Wildman–Crippen MR) is 53.1 cm³/mol. The fraction of sp³-hybridized carbons (Fsp3) is 0.500. The Bertz CT molecular complexity index is 192. The molecule has 0 bridgehead atoms. The number of aliphatic hydroxyl groups excluding tert-OH is 2. The van der Waals surface area contributed by atoms with Gasteiger partial charge in [-0.2, -0.15) is 0 Å². The van der Waals surface area contributed by atoms with Crippen molar-refractivity contribution in [3.63, 3.8) is 0 Å². The van der Waals surface area contributed by atoms with Gasteiger partial charge in [-0.3, -0.25) is 4.79 Å². The first kappa shape index (κ1) is 19.2. The number of carboxylic acids is 1. The molecule has 1 amide bonds. The van der Waals surface area contributed by atoms with Crippen LogP contribution in [0.25, 0.3) is 0 Å². The SMILES string of the molecule is C=C(CO)C(N)=O.COC.O=C(O)CO. The van der Waals surface area contributed by atoms with Crippen molar-refractivity contribution >= 4 is 11.9 Å². The van der Waals surface area contributed by atoms with E-state index in [1.807, 2.05) is 0 Å². The van der Waals surface area contributed by atoms with E-state index >= 15 is 0 Å². The number of ether oxygens (including phenoxy) is 1. The van der Waals surface area contributed by atoms with E-state index in [0.29, 0.717) is 0 Å². The quantitative estimate of drug-likeness (QED) is 0.424. The van der Waals surface area contributed by atoms with Crippen molar-refractivity contribution in [3.05, 3.63) is 12.2 Å². The Labute approximate surface area is 87.8 Å². The Morgan fingerprint density at radius 1 is 1.27 bits per heavy atom. The molecule has 0 saturated carbocycles. The molecule has 7 nitrogen and oxygen atoms in total. The van der Waals surface area contributed by atoms with E-state index in [1.165, 1.54) is 0 Å². The van der Waals surface area contributed by atoms with Crippen LogP contribution in [0.3, 0.4) is 0 Å². The lowest BCUT2D eigenvalue weighted by Gasteiger charge is -1.88. The molecule has 0 fully saturated rings. The molecule has 0 atom stereocenters. The lowest BCUT2D eigenvalue weighted by atomic mass is 10.3. The van der Waals surface area contributed by atoms with Gasteiger partial charge in [0.05, 0.1) is 6.61 Å². The first-order valence-corrected chi connectivity index (χ1v) is 3.68. The molecule has 0 aliphatic rings. The van der Waals surface area contributed by atoms with E-state index in [4.69, 9.17) is 20.1 Å². The minimum Gasteiger partial charge on any atom is -0.480 e. The molecule has 7 heteroatoms. The molecule has 15 heavy (non-hydrogen) atoms. The molecule has 0 aliphatic heterocycles. The molecule has 0 aromatic rings. The monoisotopic (exact) mass is 223 g/mol. The van der Waals surface area contributed by atoms with E-state index in [-0.39, 0.29) is 12.2 Å². The van der Waals surface area contributed by atoms with Gasteiger partial charge in [0, 0.05) is 19.8 Å². The summed E-state index contributed by atoms with van der Waals surface area (Å²) in [5, 5.41) is 23.1. The number of hydrogen-bond donors (Lipinski definition) is 4. The van der Waals surface area contributed by atoms with Crippen molar-refractivity contribution in [3.8, 4) is 0 Å². The molecule has 0 aliphatic carbocycles. The zero-order chi connectivity index (χ0) is 12.9. The first-order chi connectivity index (χ1) is 6.87. The number of amides is 1. The average Bonchev–Trinajstić information content (AvgIpc) is 2.18. The highest BCUT2D eigenvalue weighted by atomic mass is 16.4.